The minimum absolute atomic E-state index is 0.118. The minimum Gasteiger partial charge on any atom is -0.337 e. The van der Waals surface area contributed by atoms with Crippen LogP contribution in [0.25, 0.3) is 10.9 Å². The van der Waals surface area contributed by atoms with Crippen molar-refractivity contribution in [2.24, 2.45) is 0 Å². The van der Waals surface area contributed by atoms with Crippen LogP contribution in [0.5, 0.6) is 0 Å². The third-order valence-corrected chi connectivity index (χ3v) is 3.22. The Morgan fingerprint density at radius 2 is 2.05 bits per heavy atom. The fourth-order valence-corrected chi connectivity index (χ4v) is 2.17. The Morgan fingerprint density at radius 1 is 1.23 bits per heavy atom. The first-order valence-corrected chi connectivity index (χ1v) is 6.47. The van der Waals surface area contributed by atoms with Crippen LogP contribution in [0, 0.1) is 22.9 Å². The summed E-state index contributed by atoms with van der Waals surface area (Å²) in [6.07, 6.45) is 1.21. The average molecular weight is 298 g/mol. The number of nitrogens with one attached hydrogen (secondary N) is 1. The van der Waals surface area contributed by atoms with E-state index in [1.165, 1.54) is 18.5 Å². The van der Waals surface area contributed by atoms with E-state index in [1.807, 2.05) is 0 Å². The van der Waals surface area contributed by atoms with E-state index in [9.17, 15) is 14.5 Å². The largest absolute Gasteiger partial charge is 0.337 e. The lowest BCUT2D eigenvalue weighted by Gasteiger charge is -2.09. The van der Waals surface area contributed by atoms with Gasteiger partial charge in [-0.25, -0.2) is 14.4 Å². The van der Waals surface area contributed by atoms with Crippen molar-refractivity contribution in [2.45, 2.75) is 6.92 Å². The van der Waals surface area contributed by atoms with Crippen LogP contribution < -0.4 is 5.32 Å². The summed E-state index contributed by atoms with van der Waals surface area (Å²) in [6.45, 7) is 1.79. The molecule has 0 fully saturated rings. The van der Waals surface area contributed by atoms with Gasteiger partial charge in [0.05, 0.1) is 16.0 Å². The van der Waals surface area contributed by atoms with E-state index in [0.29, 0.717) is 11.2 Å². The van der Waals surface area contributed by atoms with Gasteiger partial charge in [-0.2, -0.15) is 0 Å². The number of nitro groups is 1. The number of non-ortho nitro benzene ring substituents is 1. The number of hydrogen-bond acceptors (Lipinski definition) is 5. The van der Waals surface area contributed by atoms with Gasteiger partial charge in [-0.1, -0.05) is 12.1 Å². The molecule has 1 heterocycles. The second kappa shape index (κ2) is 5.36. The number of benzene rings is 2. The van der Waals surface area contributed by atoms with Crippen LogP contribution in [0.2, 0.25) is 0 Å². The quantitative estimate of drug-likeness (QED) is 0.588. The van der Waals surface area contributed by atoms with E-state index in [4.69, 9.17) is 0 Å². The van der Waals surface area contributed by atoms with Crippen molar-refractivity contribution in [3.8, 4) is 0 Å². The molecule has 3 rings (SSSR count). The van der Waals surface area contributed by atoms with Gasteiger partial charge in [0.1, 0.15) is 18.0 Å². The molecular formula is C15H11FN4O2. The van der Waals surface area contributed by atoms with Crippen molar-refractivity contribution >= 4 is 28.1 Å². The summed E-state index contributed by atoms with van der Waals surface area (Å²) in [4.78, 5) is 18.5. The summed E-state index contributed by atoms with van der Waals surface area (Å²) in [5.74, 6) is -0.103. The molecule has 7 heteroatoms. The number of nitro benzene ring substituents is 1. The monoisotopic (exact) mass is 298 g/mol. The Morgan fingerprint density at radius 3 is 2.77 bits per heavy atom. The van der Waals surface area contributed by atoms with Gasteiger partial charge < -0.3 is 5.32 Å². The van der Waals surface area contributed by atoms with Gasteiger partial charge >= 0.3 is 0 Å². The number of rotatable bonds is 3. The molecule has 0 aliphatic rings. The van der Waals surface area contributed by atoms with E-state index in [2.05, 4.69) is 15.3 Å². The SMILES string of the molecule is Cc1ccc(Nc2ncnc3c([N+](=O)[O-])cccc23)c(F)c1. The molecule has 22 heavy (non-hydrogen) atoms. The lowest BCUT2D eigenvalue weighted by molar-refractivity contribution is -0.383. The molecule has 110 valence electrons. The molecule has 0 aliphatic carbocycles. The van der Waals surface area contributed by atoms with Gasteiger partial charge in [-0.15, -0.1) is 0 Å². The van der Waals surface area contributed by atoms with Crippen LogP contribution in [0.1, 0.15) is 5.56 Å². The molecule has 0 aliphatic heterocycles. The van der Waals surface area contributed by atoms with Crippen LogP contribution in [0.3, 0.4) is 0 Å². The van der Waals surface area contributed by atoms with Gasteiger partial charge in [0.15, 0.2) is 5.52 Å². The van der Waals surface area contributed by atoms with Crippen molar-refractivity contribution in [1.82, 2.24) is 9.97 Å². The number of aromatic nitrogens is 2. The second-order valence-electron chi connectivity index (χ2n) is 4.76. The van der Waals surface area contributed by atoms with Crippen molar-refractivity contribution in [3.05, 3.63) is 64.2 Å². The maximum absolute atomic E-state index is 13.9. The molecule has 0 saturated carbocycles. The summed E-state index contributed by atoms with van der Waals surface area (Å²) >= 11 is 0. The van der Waals surface area contributed by atoms with Crippen LogP contribution >= 0.6 is 0 Å². The zero-order valence-electron chi connectivity index (χ0n) is 11.6. The number of aryl methyl sites for hydroxylation is 1. The molecular weight excluding hydrogens is 287 g/mol. The maximum Gasteiger partial charge on any atom is 0.295 e. The Hall–Kier alpha value is -3.09. The van der Waals surface area contributed by atoms with Gasteiger partial charge in [-0.3, -0.25) is 10.1 Å². The van der Waals surface area contributed by atoms with Crippen LogP contribution in [0.4, 0.5) is 21.6 Å². The molecule has 0 amide bonds. The molecule has 1 aromatic heterocycles. The molecule has 2 aromatic carbocycles. The lowest BCUT2D eigenvalue weighted by Crippen LogP contribution is -2.00. The molecule has 1 N–H and O–H groups in total. The zero-order chi connectivity index (χ0) is 15.7. The van der Waals surface area contributed by atoms with Crippen molar-refractivity contribution < 1.29 is 9.31 Å². The van der Waals surface area contributed by atoms with E-state index in [1.54, 1.807) is 31.2 Å². The first kappa shape index (κ1) is 13.9. The van der Waals surface area contributed by atoms with Crippen LogP contribution in [-0.4, -0.2) is 14.9 Å². The lowest BCUT2D eigenvalue weighted by atomic mass is 10.2. The van der Waals surface area contributed by atoms with Crippen molar-refractivity contribution in [2.75, 3.05) is 5.32 Å². The van der Waals surface area contributed by atoms with Crippen LogP contribution in [0.15, 0.2) is 42.7 Å². The first-order chi connectivity index (χ1) is 10.6. The normalized spacial score (nSPS) is 10.6. The number of anilines is 2. The molecule has 3 aromatic rings. The second-order valence-corrected chi connectivity index (χ2v) is 4.76. The van der Waals surface area contributed by atoms with Gasteiger partial charge in [0.2, 0.25) is 0 Å². The molecule has 0 unspecified atom stereocenters. The smallest absolute Gasteiger partial charge is 0.295 e. The average Bonchev–Trinajstić information content (AvgIpc) is 2.49. The number of nitrogens with zero attached hydrogens (tertiary/aromatic N) is 3. The fourth-order valence-electron chi connectivity index (χ4n) is 2.17. The number of halogens is 1. The highest BCUT2D eigenvalue weighted by Crippen LogP contribution is 2.29. The third-order valence-electron chi connectivity index (χ3n) is 3.22. The van der Waals surface area contributed by atoms with Gasteiger partial charge in [0, 0.05) is 6.07 Å². The molecule has 0 bridgehead atoms. The predicted molar refractivity (Wildman–Crippen MR) is 80.6 cm³/mol. The highest BCUT2D eigenvalue weighted by molar-refractivity contribution is 5.95. The molecule has 0 saturated heterocycles. The Kier molecular flexibility index (Phi) is 3.38. The Bertz CT molecular complexity index is 883. The number of para-hydroxylation sites is 1. The zero-order valence-corrected chi connectivity index (χ0v) is 11.6. The Labute approximate surface area is 124 Å². The maximum atomic E-state index is 13.9. The fraction of sp³-hybridized carbons (Fsp3) is 0.0667. The highest BCUT2D eigenvalue weighted by Gasteiger charge is 2.15. The summed E-state index contributed by atoms with van der Waals surface area (Å²) in [5.41, 5.74) is 1.13. The Balaban J connectivity index is 2.12. The summed E-state index contributed by atoms with van der Waals surface area (Å²) in [6, 6.07) is 9.31. The van der Waals surface area contributed by atoms with Crippen molar-refractivity contribution in [1.29, 1.82) is 0 Å². The third kappa shape index (κ3) is 2.44. The topological polar surface area (TPSA) is 81.0 Å². The predicted octanol–water partition coefficient (Wildman–Crippen LogP) is 3.73. The standard InChI is InChI=1S/C15H11FN4O2/c1-9-5-6-12(11(16)7-9)19-15-10-3-2-4-13(20(21)22)14(10)17-8-18-15/h2-8H,1H3,(H,17,18,19). The van der Waals surface area contributed by atoms with E-state index in [-0.39, 0.29) is 16.9 Å². The number of hydrogen-bond donors (Lipinski definition) is 1. The minimum atomic E-state index is -0.508. The number of fused-ring (bicyclic) bond motifs is 1. The van der Waals surface area contributed by atoms with Gasteiger partial charge in [-0.05, 0) is 30.7 Å². The van der Waals surface area contributed by atoms with E-state index < -0.39 is 10.7 Å². The highest BCUT2D eigenvalue weighted by atomic mass is 19.1. The molecule has 6 nitrogen and oxygen atoms in total. The van der Waals surface area contributed by atoms with Crippen LogP contribution in [-0.2, 0) is 0 Å². The van der Waals surface area contributed by atoms with E-state index >= 15 is 0 Å². The summed E-state index contributed by atoms with van der Waals surface area (Å²) in [5, 5.41) is 14.4. The van der Waals surface area contributed by atoms with Crippen molar-refractivity contribution in [3.63, 3.8) is 0 Å². The molecule has 0 atom stereocenters. The molecule has 0 spiro atoms. The first-order valence-electron chi connectivity index (χ1n) is 6.47. The molecule has 0 radical (unpaired) electrons. The summed E-state index contributed by atoms with van der Waals surface area (Å²) in [7, 11) is 0. The summed E-state index contributed by atoms with van der Waals surface area (Å²) < 4.78 is 13.9. The van der Waals surface area contributed by atoms with E-state index in [0.717, 1.165) is 5.56 Å². The van der Waals surface area contributed by atoms with Gasteiger partial charge in [0.25, 0.3) is 5.69 Å².